The van der Waals surface area contributed by atoms with Gasteiger partial charge < -0.3 is 10.1 Å². The Morgan fingerprint density at radius 3 is 2.86 bits per heavy atom. The SMILES string of the molecule is CCOCCn1cnc2sc(C(=O)NC(C)C)c(C)c2c1=O. The predicted octanol–water partition coefficient (Wildman–Crippen LogP) is 1.94. The molecule has 2 aromatic rings. The number of amides is 1. The van der Waals surface area contributed by atoms with E-state index in [1.54, 1.807) is 6.92 Å². The first-order valence-electron chi connectivity index (χ1n) is 7.32. The first kappa shape index (κ1) is 16.6. The highest BCUT2D eigenvalue weighted by atomic mass is 32.1. The van der Waals surface area contributed by atoms with Crippen LogP contribution in [0.3, 0.4) is 0 Å². The Morgan fingerprint density at radius 2 is 2.23 bits per heavy atom. The molecule has 0 saturated heterocycles. The average Bonchev–Trinajstić information content (AvgIpc) is 2.79. The lowest BCUT2D eigenvalue weighted by molar-refractivity contribution is 0.0946. The van der Waals surface area contributed by atoms with Gasteiger partial charge in [0.2, 0.25) is 0 Å². The standard InChI is InChI=1S/C15H21N3O3S/c1-5-21-7-6-18-8-16-14-11(15(18)20)10(4)12(22-14)13(19)17-9(2)3/h8-9H,5-7H2,1-4H3,(H,17,19). The molecular formula is C15H21N3O3S. The summed E-state index contributed by atoms with van der Waals surface area (Å²) in [7, 11) is 0. The molecule has 0 spiro atoms. The summed E-state index contributed by atoms with van der Waals surface area (Å²) in [4.78, 5) is 30.2. The van der Waals surface area contributed by atoms with Crippen molar-refractivity contribution in [1.29, 1.82) is 0 Å². The maximum Gasteiger partial charge on any atom is 0.262 e. The summed E-state index contributed by atoms with van der Waals surface area (Å²) in [6.07, 6.45) is 1.52. The Morgan fingerprint density at radius 1 is 1.50 bits per heavy atom. The number of hydrogen-bond donors (Lipinski definition) is 1. The molecule has 22 heavy (non-hydrogen) atoms. The van der Waals surface area contributed by atoms with Crippen molar-refractivity contribution in [1.82, 2.24) is 14.9 Å². The van der Waals surface area contributed by atoms with Gasteiger partial charge in [0.15, 0.2) is 0 Å². The van der Waals surface area contributed by atoms with Gasteiger partial charge in [-0.3, -0.25) is 14.2 Å². The highest BCUT2D eigenvalue weighted by Crippen LogP contribution is 2.26. The molecule has 0 fully saturated rings. The van der Waals surface area contributed by atoms with E-state index >= 15 is 0 Å². The van der Waals surface area contributed by atoms with Gasteiger partial charge in [0.1, 0.15) is 4.83 Å². The number of fused-ring (bicyclic) bond motifs is 1. The van der Waals surface area contributed by atoms with E-state index < -0.39 is 0 Å². The number of rotatable bonds is 6. The maximum absolute atomic E-state index is 12.5. The Hall–Kier alpha value is -1.73. The summed E-state index contributed by atoms with van der Waals surface area (Å²) in [5, 5.41) is 3.38. The van der Waals surface area contributed by atoms with Crippen molar-refractivity contribution in [2.75, 3.05) is 13.2 Å². The molecule has 0 aliphatic heterocycles. The number of aromatic nitrogens is 2. The minimum atomic E-state index is -0.157. The lowest BCUT2D eigenvalue weighted by Gasteiger charge is -2.07. The van der Waals surface area contributed by atoms with Crippen molar-refractivity contribution in [3.05, 3.63) is 27.1 Å². The second-order valence-electron chi connectivity index (χ2n) is 5.30. The highest BCUT2D eigenvalue weighted by Gasteiger charge is 2.19. The number of carbonyl (C=O) groups excluding carboxylic acids is 1. The fourth-order valence-electron chi connectivity index (χ4n) is 2.17. The molecule has 7 heteroatoms. The molecular weight excluding hydrogens is 302 g/mol. The second-order valence-corrected chi connectivity index (χ2v) is 6.30. The van der Waals surface area contributed by atoms with Crippen LogP contribution in [0, 0.1) is 6.92 Å². The van der Waals surface area contributed by atoms with Crippen LogP contribution in [0.15, 0.2) is 11.1 Å². The van der Waals surface area contributed by atoms with Gasteiger partial charge in [-0.05, 0) is 33.3 Å². The van der Waals surface area contributed by atoms with Gasteiger partial charge in [-0.25, -0.2) is 4.98 Å². The van der Waals surface area contributed by atoms with E-state index in [-0.39, 0.29) is 17.5 Å². The number of ether oxygens (including phenoxy) is 1. The monoisotopic (exact) mass is 323 g/mol. The molecule has 0 atom stereocenters. The fraction of sp³-hybridized carbons (Fsp3) is 0.533. The molecule has 2 rings (SSSR count). The topological polar surface area (TPSA) is 73.2 Å². The molecule has 0 saturated carbocycles. The van der Waals surface area contributed by atoms with E-state index in [9.17, 15) is 9.59 Å². The summed E-state index contributed by atoms with van der Waals surface area (Å²) < 4.78 is 6.80. The summed E-state index contributed by atoms with van der Waals surface area (Å²) >= 11 is 1.26. The third kappa shape index (κ3) is 3.36. The van der Waals surface area contributed by atoms with Crippen molar-refractivity contribution >= 4 is 27.5 Å². The Bertz CT molecular complexity index is 733. The molecule has 0 aromatic carbocycles. The second kappa shape index (κ2) is 7.02. The van der Waals surface area contributed by atoms with E-state index in [0.29, 0.717) is 40.4 Å². The molecule has 0 unspecified atom stereocenters. The van der Waals surface area contributed by atoms with E-state index in [1.165, 1.54) is 22.2 Å². The van der Waals surface area contributed by atoms with Crippen LogP contribution >= 0.6 is 11.3 Å². The quantitative estimate of drug-likeness (QED) is 0.825. The zero-order valence-corrected chi connectivity index (χ0v) is 14.1. The number of carbonyl (C=O) groups is 1. The van der Waals surface area contributed by atoms with E-state index in [0.717, 1.165) is 0 Å². The van der Waals surface area contributed by atoms with Gasteiger partial charge in [0, 0.05) is 12.6 Å². The Labute approximate surface area is 133 Å². The first-order valence-corrected chi connectivity index (χ1v) is 8.14. The van der Waals surface area contributed by atoms with Crippen LogP contribution < -0.4 is 10.9 Å². The van der Waals surface area contributed by atoms with Crippen LogP contribution in [0.25, 0.3) is 10.2 Å². The molecule has 0 bridgehead atoms. The molecule has 0 aliphatic carbocycles. The molecule has 6 nitrogen and oxygen atoms in total. The minimum Gasteiger partial charge on any atom is -0.380 e. The highest BCUT2D eigenvalue weighted by molar-refractivity contribution is 7.20. The Balaban J connectivity index is 2.40. The van der Waals surface area contributed by atoms with Gasteiger partial charge in [-0.15, -0.1) is 11.3 Å². The van der Waals surface area contributed by atoms with Gasteiger partial charge in [0.25, 0.3) is 11.5 Å². The zero-order valence-electron chi connectivity index (χ0n) is 13.3. The number of hydrogen-bond acceptors (Lipinski definition) is 5. The van der Waals surface area contributed by atoms with Crippen LogP contribution in [0.2, 0.25) is 0 Å². The number of thiophene rings is 1. The summed E-state index contributed by atoms with van der Waals surface area (Å²) in [6, 6.07) is 0.0490. The van der Waals surface area contributed by atoms with Crippen LogP contribution in [0.1, 0.15) is 36.0 Å². The van der Waals surface area contributed by atoms with E-state index in [2.05, 4.69) is 10.3 Å². The molecule has 1 N–H and O–H groups in total. The Kier molecular flexibility index (Phi) is 5.31. The van der Waals surface area contributed by atoms with Crippen LogP contribution in [0.4, 0.5) is 0 Å². The van der Waals surface area contributed by atoms with E-state index in [4.69, 9.17) is 4.74 Å². The van der Waals surface area contributed by atoms with Crippen LogP contribution in [-0.4, -0.2) is 34.7 Å². The van der Waals surface area contributed by atoms with Crippen molar-refractivity contribution in [2.24, 2.45) is 0 Å². The first-order chi connectivity index (χ1) is 10.5. The fourth-order valence-corrected chi connectivity index (χ4v) is 3.21. The number of nitrogens with zero attached hydrogens (tertiary/aromatic N) is 2. The largest absolute Gasteiger partial charge is 0.380 e. The van der Waals surface area contributed by atoms with Crippen molar-refractivity contribution in [2.45, 2.75) is 40.3 Å². The third-order valence-electron chi connectivity index (χ3n) is 3.22. The number of aryl methyl sites for hydroxylation is 1. The van der Waals surface area contributed by atoms with Crippen molar-refractivity contribution in [3.63, 3.8) is 0 Å². The van der Waals surface area contributed by atoms with Crippen LogP contribution in [0.5, 0.6) is 0 Å². The number of nitrogens with one attached hydrogen (secondary N) is 1. The predicted molar refractivity (Wildman–Crippen MR) is 87.7 cm³/mol. The molecule has 2 heterocycles. The molecule has 1 amide bonds. The van der Waals surface area contributed by atoms with Gasteiger partial charge in [-0.1, -0.05) is 0 Å². The minimum absolute atomic E-state index is 0.0490. The smallest absolute Gasteiger partial charge is 0.262 e. The maximum atomic E-state index is 12.5. The third-order valence-corrected chi connectivity index (χ3v) is 4.42. The molecule has 2 aromatic heterocycles. The normalized spacial score (nSPS) is 11.3. The molecule has 0 radical (unpaired) electrons. The summed E-state index contributed by atoms with van der Waals surface area (Å²) in [5.74, 6) is -0.157. The molecule has 0 aliphatic rings. The summed E-state index contributed by atoms with van der Waals surface area (Å²) in [6.45, 7) is 9.04. The molecule has 120 valence electrons. The van der Waals surface area contributed by atoms with Crippen molar-refractivity contribution in [3.8, 4) is 0 Å². The average molecular weight is 323 g/mol. The zero-order chi connectivity index (χ0) is 16.3. The lowest BCUT2D eigenvalue weighted by atomic mass is 10.2. The summed E-state index contributed by atoms with van der Waals surface area (Å²) in [5.41, 5.74) is 0.573. The van der Waals surface area contributed by atoms with Crippen molar-refractivity contribution < 1.29 is 9.53 Å². The van der Waals surface area contributed by atoms with Gasteiger partial charge in [-0.2, -0.15) is 0 Å². The van der Waals surface area contributed by atoms with E-state index in [1.807, 2.05) is 20.8 Å². The lowest BCUT2D eigenvalue weighted by Crippen LogP contribution is -2.30. The van der Waals surface area contributed by atoms with Gasteiger partial charge in [0.05, 0.1) is 29.7 Å². The van der Waals surface area contributed by atoms with Gasteiger partial charge >= 0.3 is 0 Å². The van der Waals surface area contributed by atoms with Crippen LogP contribution in [-0.2, 0) is 11.3 Å².